The highest BCUT2D eigenvalue weighted by atomic mass is 16.5. The standard InChI is InChI=1S/C12H14N2O6/c1-13-12(18)14-9(15)6-20-10-7(11(16)17)4-3-5-8(10)19-2/h3-5H,6H2,1-2H3,(H,16,17)(H2,13,14,15,18). The molecule has 8 nitrogen and oxygen atoms in total. The van der Waals surface area contributed by atoms with Gasteiger partial charge in [-0.3, -0.25) is 10.1 Å². The Bertz CT molecular complexity index is 529. The number of carboxylic acid groups (broad SMARTS) is 1. The number of methoxy groups -OCH3 is 1. The number of aromatic carboxylic acids is 1. The van der Waals surface area contributed by atoms with Crippen molar-refractivity contribution in [3.63, 3.8) is 0 Å². The van der Waals surface area contributed by atoms with Gasteiger partial charge in [0.1, 0.15) is 5.56 Å². The van der Waals surface area contributed by atoms with Gasteiger partial charge in [-0.05, 0) is 12.1 Å². The minimum atomic E-state index is -1.22. The SMILES string of the molecule is CNC(=O)NC(=O)COc1c(OC)cccc1C(=O)O. The molecule has 1 rings (SSSR count). The number of imide groups is 1. The van der Waals surface area contributed by atoms with Crippen molar-refractivity contribution in [2.75, 3.05) is 20.8 Å². The molecule has 0 unspecified atom stereocenters. The molecule has 0 atom stereocenters. The predicted molar refractivity (Wildman–Crippen MR) is 68.0 cm³/mol. The van der Waals surface area contributed by atoms with Gasteiger partial charge in [-0.25, -0.2) is 9.59 Å². The normalized spacial score (nSPS) is 9.50. The van der Waals surface area contributed by atoms with E-state index in [2.05, 4.69) is 5.32 Å². The zero-order valence-corrected chi connectivity index (χ0v) is 10.9. The molecule has 0 aromatic heterocycles. The van der Waals surface area contributed by atoms with Crippen LogP contribution in [0.2, 0.25) is 0 Å². The lowest BCUT2D eigenvalue weighted by molar-refractivity contribution is -0.122. The summed E-state index contributed by atoms with van der Waals surface area (Å²) in [5.41, 5.74) is -0.142. The van der Waals surface area contributed by atoms with Gasteiger partial charge in [-0.2, -0.15) is 0 Å². The van der Waals surface area contributed by atoms with Gasteiger partial charge in [-0.15, -0.1) is 0 Å². The summed E-state index contributed by atoms with van der Waals surface area (Å²) >= 11 is 0. The summed E-state index contributed by atoms with van der Waals surface area (Å²) in [6.07, 6.45) is 0. The van der Waals surface area contributed by atoms with Crippen molar-refractivity contribution in [1.29, 1.82) is 0 Å². The van der Waals surface area contributed by atoms with Crippen molar-refractivity contribution in [1.82, 2.24) is 10.6 Å². The van der Waals surface area contributed by atoms with E-state index in [0.717, 1.165) is 0 Å². The van der Waals surface area contributed by atoms with Crippen LogP contribution >= 0.6 is 0 Å². The van der Waals surface area contributed by atoms with Gasteiger partial charge in [0.05, 0.1) is 7.11 Å². The highest BCUT2D eigenvalue weighted by molar-refractivity contribution is 5.95. The van der Waals surface area contributed by atoms with Crippen molar-refractivity contribution in [2.24, 2.45) is 0 Å². The molecule has 0 aliphatic heterocycles. The van der Waals surface area contributed by atoms with Gasteiger partial charge >= 0.3 is 12.0 Å². The van der Waals surface area contributed by atoms with Crippen LogP contribution < -0.4 is 20.1 Å². The highest BCUT2D eigenvalue weighted by Gasteiger charge is 2.17. The van der Waals surface area contributed by atoms with Crippen LogP contribution in [-0.4, -0.2) is 43.8 Å². The molecule has 0 spiro atoms. The number of para-hydroxylation sites is 1. The van der Waals surface area contributed by atoms with Crippen LogP contribution in [0.4, 0.5) is 4.79 Å². The molecule has 0 aliphatic rings. The molecule has 1 aromatic rings. The second-order valence-corrected chi connectivity index (χ2v) is 3.56. The van der Waals surface area contributed by atoms with Crippen LogP contribution in [0.1, 0.15) is 10.4 Å². The summed E-state index contributed by atoms with van der Waals surface area (Å²) in [6.45, 7) is -0.520. The predicted octanol–water partition coefficient (Wildman–Crippen LogP) is 0.228. The number of benzene rings is 1. The minimum absolute atomic E-state index is 0.0745. The van der Waals surface area contributed by atoms with E-state index < -0.39 is 24.5 Å². The fourth-order valence-corrected chi connectivity index (χ4v) is 1.36. The zero-order chi connectivity index (χ0) is 15.1. The summed E-state index contributed by atoms with van der Waals surface area (Å²) in [5, 5.41) is 13.2. The van der Waals surface area contributed by atoms with E-state index >= 15 is 0 Å². The van der Waals surface area contributed by atoms with E-state index in [0.29, 0.717) is 0 Å². The van der Waals surface area contributed by atoms with E-state index in [-0.39, 0.29) is 17.1 Å². The van der Waals surface area contributed by atoms with Crippen molar-refractivity contribution >= 4 is 17.9 Å². The molecule has 3 N–H and O–H groups in total. The van der Waals surface area contributed by atoms with Gasteiger partial charge in [0.15, 0.2) is 18.1 Å². The number of carboxylic acids is 1. The molecule has 3 amide bonds. The van der Waals surface area contributed by atoms with Crippen LogP contribution in [0.15, 0.2) is 18.2 Å². The summed E-state index contributed by atoms with van der Waals surface area (Å²) < 4.78 is 10.1. The first-order chi connectivity index (χ1) is 9.49. The monoisotopic (exact) mass is 282 g/mol. The number of hydrogen-bond acceptors (Lipinski definition) is 5. The van der Waals surface area contributed by atoms with Crippen molar-refractivity contribution < 1.29 is 29.0 Å². The maximum absolute atomic E-state index is 11.4. The fraction of sp³-hybridized carbons (Fsp3) is 0.250. The zero-order valence-electron chi connectivity index (χ0n) is 10.9. The molecule has 1 aromatic carbocycles. The average molecular weight is 282 g/mol. The number of nitrogens with one attached hydrogen (secondary N) is 2. The first-order valence-electron chi connectivity index (χ1n) is 5.54. The molecule has 0 aliphatic carbocycles. The Morgan fingerprint density at radius 2 is 2.00 bits per heavy atom. The van der Waals surface area contributed by atoms with Gasteiger partial charge in [0.25, 0.3) is 5.91 Å². The summed E-state index contributed by atoms with van der Waals surface area (Å²) in [7, 11) is 2.70. The first-order valence-corrected chi connectivity index (χ1v) is 5.54. The lowest BCUT2D eigenvalue weighted by Crippen LogP contribution is -2.40. The largest absolute Gasteiger partial charge is 0.493 e. The smallest absolute Gasteiger partial charge is 0.339 e. The molecule has 0 fully saturated rings. The third kappa shape index (κ3) is 3.87. The Labute approximate surface area is 114 Å². The number of amides is 3. The lowest BCUT2D eigenvalue weighted by Gasteiger charge is -2.12. The molecule has 0 bridgehead atoms. The molecule has 8 heteroatoms. The molecular formula is C12H14N2O6. The van der Waals surface area contributed by atoms with Crippen LogP contribution in [0, 0.1) is 0 Å². The number of carbonyl (C=O) groups is 3. The van der Waals surface area contributed by atoms with Gasteiger partial charge < -0.3 is 19.9 Å². The maximum Gasteiger partial charge on any atom is 0.339 e. The van der Waals surface area contributed by atoms with E-state index in [1.165, 1.54) is 32.4 Å². The summed E-state index contributed by atoms with van der Waals surface area (Å²) in [4.78, 5) is 33.4. The highest BCUT2D eigenvalue weighted by Crippen LogP contribution is 2.30. The van der Waals surface area contributed by atoms with Gasteiger partial charge in [0, 0.05) is 7.05 Å². The maximum atomic E-state index is 11.4. The molecule has 0 heterocycles. The number of carbonyl (C=O) groups excluding carboxylic acids is 2. The number of hydrogen-bond donors (Lipinski definition) is 3. The van der Waals surface area contributed by atoms with Crippen molar-refractivity contribution in [2.45, 2.75) is 0 Å². The Morgan fingerprint density at radius 1 is 1.30 bits per heavy atom. The van der Waals surface area contributed by atoms with Crippen molar-refractivity contribution in [3.05, 3.63) is 23.8 Å². The average Bonchev–Trinajstić information content (AvgIpc) is 2.44. The lowest BCUT2D eigenvalue weighted by atomic mass is 10.2. The fourth-order valence-electron chi connectivity index (χ4n) is 1.36. The quantitative estimate of drug-likeness (QED) is 0.712. The van der Waals surface area contributed by atoms with E-state index in [4.69, 9.17) is 14.6 Å². The molecule has 0 saturated heterocycles. The van der Waals surface area contributed by atoms with E-state index in [1.807, 2.05) is 5.32 Å². The molecule has 108 valence electrons. The molecule has 0 saturated carbocycles. The van der Waals surface area contributed by atoms with E-state index in [1.54, 1.807) is 0 Å². The third-order valence-corrected chi connectivity index (χ3v) is 2.26. The van der Waals surface area contributed by atoms with Gasteiger partial charge in [-0.1, -0.05) is 6.07 Å². The molecule has 0 radical (unpaired) electrons. The Morgan fingerprint density at radius 3 is 2.55 bits per heavy atom. The second-order valence-electron chi connectivity index (χ2n) is 3.56. The minimum Gasteiger partial charge on any atom is -0.493 e. The number of urea groups is 1. The first kappa shape index (κ1) is 15.3. The van der Waals surface area contributed by atoms with Crippen LogP contribution in [0.3, 0.4) is 0 Å². The van der Waals surface area contributed by atoms with Crippen LogP contribution in [-0.2, 0) is 4.79 Å². The number of rotatable bonds is 5. The number of ether oxygens (including phenoxy) is 2. The van der Waals surface area contributed by atoms with Gasteiger partial charge in [0.2, 0.25) is 0 Å². The van der Waals surface area contributed by atoms with Crippen LogP contribution in [0.5, 0.6) is 11.5 Å². The summed E-state index contributed by atoms with van der Waals surface area (Å²) in [5.74, 6) is -1.83. The third-order valence-electron chi connectivity index (χ3n) is 2.26. The Hall–Kier alpha value is -2.77. The Kier molecular flexibility index (Phi) is 5.33. The Balaban J connectivity index is 2.83. The summed E-state index contributed by atoms with van der Waals surface area (Å²) in [6, 6.07) is 3.62. The van der Waals surface area contributed by atoms with Crippen molar-refractivity contribution in [3.8, 4) is 11.5 Å². The topological polar surface area (TPSA) is 114 Å². The van der Waals surface area contributed by atoms with Crippen LogP contribution in [0.25, 0.3) is 0 Å². The molecule has 20 heavy (non-hydrogen) atoms. The molecular weight excluding hydrogens is 268 g/mol. The second kappa shape index (κ2) is 6.98. The van der Waals surface area contributed by atoms with E-state index in [9.17, 15) is 14.4 Å².